The van der Waals surface area contributed by atoms with Crippen molar-refractivity contribution < 1.29 is 23.1 Å². The first kappa shape index (κ1) is 20.7. The maximum Gasteiger partial charge on any atom is 0.259 e. The van der Waals surface area contributed by atoms with E-state index in [0.717, 1.165) is 19.2 Å². The SMILES string of the molecule is CN(C)CCN(C)C[C@@H]1CN(C(=O)c2c(F)ccc(F)c2F)C[C@@H]1CO. The Bertz CT molecular complexity index is 642. The first-order valence-electron chi connectivity index (χ1n) is 8.61. The second-order valence-electron chi connectivity index (χ2n) is 7.20. The Balaban J connectivity index is 2.08. The molecule has 8 heteroatoms. The summed E-state index contributed by atoms with van der Waals surface area (Å²) in [4.78, 5) is 18.0. The van der Waals surface area contributed by atoms with Crippen LogP contribution in [-0.2, 0) is 0 Å². The third-order valence-corrected chi connectivity index (χ3v) is 4.83. The molecule has 26 heavy (non-hydrogen) atoms. The molecule has 0 radical (unpaired) electrons. The molecule has 1 aromatic rings. The molecule has 1 aromatic carbocycles. The molecule has 0 bridgehead atoms. The Kier molecular flexibility index (Phi) is 7.02. The Labute approximate surface area is 152 Å². The lowest BCUT2D eigenvalue weighted by atomic mass is 9.96. The minimum Gasteiger partial charge on any atom is -0.396 e. The van der Waals surface area contributed by atoms with Crippen LogP contribution in [0, 0.1) is 29.3 Å². The van der Waals surface area contributed by atoms with Crippen LogP contribution in [-0.4, -0.2) is 86.2 Å². The Morgan fingerprint density at radius 1 is 1.12 bits per heavy atom. The minimum atomic E-state index is -1.47. The Morgan fingerprint density at radius 2 is 1.73 bits per heavy atom. The smallest absolute Gasteiger partial charge is 0.259 e. The number of nitrogens with zero attached hydrogens (tertiary/aromatic N) is 3. The Hall–Kier alpha value is -1.64. The normalized spacial score (nSPS) is 20.4. The van der Waals surface area contributed by atoms with Crippen molar-refractivity contribution in [1.29, 1.82) is 0 Å². The number of halogens is 3. The molecule has 0 spiro atoms. The highest BCUT2D eigenvalue weighted by Gasteiger charge is 2.37. The van der Waals surface area contributed by atoms with Crippen molar-refractivity contribution in [3.05, 3.63) is 35.1 Å². The number of amides is 1. The van der Waals surface area contributed by atoms with E-state index in [9.17, 15) is 23.1 Å². The molecule has 1 aliphatic heterocycles. The van der Waals surface area contributed by atoms with E-state index in [1.165, 1.54) is 4.90 Å². The first-order chi connectivity index (χ1) is 12.2. The molecule has 146 valence electrons. The summed E-state index contributed by atoms with van der Waals surface area (Å²) in [6.07, 6.45) is 0. The fourth-order valence-electron chi connectivity index (χ4n) is 3.26. The third-order valence-electron chi connectivity index (χ3n) is 4.83. The Morgan fingerprint density at radius 3 is 2.35 bits per heavy atom. The average molecular weight is 373 g/mol. The fourth-order valence-corrected chi connectivity index (χ4v) is 3.26. The number of likely N-dealkylation sites (tertiary alicyclic amines) is 1. The molecule has 0 saturated carbocycles. The maximum atomic E-state index is 13.9. The van der Waals surface area contributed by atoms with Gasteiger partial charge >= 0.3 is 0 Å². The van der Waals surface area contributed by atoms with Gasteiger partial charge in [0.2, 0.25) is 0 Å². The van der Waals surface area contributed by atoms with E-state index in [-0.39, 0.29) is 31.5 Å². The number of likely N-dealkylation sites (N-methyl/N-ethyl adjacent to an activating group) is 2. The van der Waals surface area contributed by atoms with E-state index < -0.39 is 28.9 Å². The lowest BCUT2D eigenvalue weighted by molar-refractivity contribution is 0.0768. The van der Waals surface area contributed by atoms with Crippen LogP contribution in [0.4, 0.5) is 13.2 Å². The molecule has 1 heterocycles. The maximum absolute atomic E-state index is 13.9. The van der Waals surface area contributed by atoms with Crippen LogP contribution in [0.1, 0.15) is 10.4 Å². The summed E-state index contributed by atoms with van der Waals surface area (Å²) in [5.41, 5.74) is -0.872. The van der Waals surface area contributed by atoms with Crippen LogP contribution in [0.5, 0.6) is 0 Å². The largest absolute Gasteiger partial charge is 0.396 e. The monoisotopic (exact) mass is 373 g/mol. The fraction of sp³-hybridized carbons (Fsp3) is 0.611. The second kappa shape index (κ2) is 8.83. The molecule has 1 aliphatic rings. The summed E-state index contributed by atoms with van der Waals surface area (Å²) in [5, 5.41) is 9.62. The van der Waals surface area contributed by atoms with E-state index in [2.05, 4.69) is 9.80 Å². The van der Waals surface area contributed by atoms with Gasteiger partial charge in [0.25, 0.3) is 5.91 Å². The van der Waals surface area contributed by atoms with Gasteiger partial charge in [0.05, 0.1) is 0 Å². The van der Waals surface area contributed by atoms with Crippen LogP contribution in [0.2, 0.25) is 0 Å². The first-order valence-corrected chi connectivity index (χ1v) is 8.61. The molecule has 0 aromatic heterocycles. The van der Waals surface area contributed by atoms with Crippen molar-refractivity contribution >= 4 is 5.91 Å². The van der Waals surface area contributed by atoms with Gasteiger partial charge < -0.3 is 19.8 Å². The van der Waals surface area contributed by atoms with E-state index in [1.54, 1.807) is 0 Å². The van der Waals surface area contributed by atoms with Crippen molar-refractivity contribution in [1.82, 2.24) is 14.7 Å². The zero-order valence-electron chi connectivity index (χ0n) is 15.4. The third kappa shape index (κ3) is 4.75. The van der Waals surface area contributed by atoms with Crippen molar-refractivity contribution in [3.8, 4) is 0 Å². The lowest BCUT2D eigenvalue weighted by Gasteiger charge is -2.25. The van der Waals surface area contributed by atoms with E-state index >= 15 is 0 Å². The number of benzene rings is 1. The predicted molar refractivity (Wildman–Crippen MR) is 92.3 cm³/mol. The quantitative estimate of drug-likeness (QED) is 0.732. The van der Waals surface area contributed by atoms with Gasteiger partial charge in [-0.2, -0.15) is 0 Å². The standard InChI is InChI=1S/C18H26F3N3O2/c1-22(2)6-7-23(3)8-12-9-24(10-13(12)11-25)18(26)16-14(19)4-5-15(20)17(16)21/h4-5,12-13,25H,6-11H2,1-3H3/t12-,13-/m1/s1. The summed E-state index contributed by atoms with van der Waals surface area (Å²) in [6, 6.07) is 1.40. The number of carbonyl (C=O) groups excluding carboxylic acids is 1. The van der Waals surface area contributed by atoms with Gasteiger partial charge in [-0.1, -0.05) is 0 Å². The number of hydrogen-bond donors (Lipinski definition) is 1. The van der Waals surface area contributed by atoms with Crippen molar-refractivity contribution in [2.24, 2.45) is 11.8 Å². The highest BCUT2D eigenvalue weighted by atomic mass is 19.2. The van der Waals surface area contributed by atoms with Gasteiger partial charge in [-0.25, -0.2) is 13.2 Å². The lowest BCUT2D eigenvalue weighted by Crippen LogP contribution is -2.36. The number of carbonyl (C=O) groups is 1. The van der Waals surface area contributed by atoms with Gasteiger partial charge in [0, 0.05) is 45.2 Å². The molecular weight excluding hydrogens is 347 g/mol. The van der Waals surface area contributed by atoms with Crippen LogP contribution in [0.25, 0.3) is 0 Å². The number of hydrogen-bond acceptors (Lipinski definition) is 4. The van der Waals surface area contributed by atoms with E-state index in [0.29, 0.717) is 12.6 Å². The van der Waals surface area contributed by atoms with Gasteiger partial charge in [0.1, 0.15) is 11.4 Å². The number of rotatable bonds is 7. The summed E-state index contributed by atoms with van der Waals surface area (Å²) in [5.74, 6) is -4.89. The topological polar surface area (TPSA) is 47.0 Å². The molecule has 0 unspecified atom stereocenters. The van der Waals surface area contributed by atoms with Crippen LogP contribution in [0.3, 0.4) is 0 Å². The molecule has 2 atom stereocenters. The minimum absolute atomic E-state index is 0.0178. The van der Waals surface area contributed by atoms with E-state index in [1.807, 2.05) is 21.1 Å². The average Bonchev–Trinajstić information content (AvgIpc) is 2.99. The summed E-state index contributed by atoms with van der Waals surface area (Å²) >= 11 is 0. The van der Waals surface area contributed by atoms with Gasteiger partial charge in [-0.3, -0.25) is 4.79 Å². The van der Waals surface area contributed by atoms with Crippen LogP contribution in [0.15, 0.2) is 12.1 Å². The van der Waals surface area contributed by atoms with Crippen LogP contribution < -0.4 is 0 Å². The molecule has 1 amide bonds. The zero-order valence-corrected chi connectivity index (χ0v) is 15.4. The molecule has 5 nitrogen and oxygen atoms in total. The molecule has 1 fully saturated rings. The summed E-state index contributed by atoms with van der Waals surface area (Å²) < 4.78 is 41.2. The molecule has 2 rings (SSSR count). The van der Waals surface area contributed by atoms with Crippen molar-refractivity contribution in [2.75, 3.05) is 60.5 Å². The van der Waals surface area contributed by atoms with Gasteiger partial charge in [-0.15, -0.1) is 0 Å². The zero-order chi connectivity index (χ0) is 19.4. The molecule has 1 N–H and O–H groups in total. The second-order valence-corrected chi connectivity index (χ2v) is 7.20. The predicted octanol–water partition coefficient (Wildman–Crippen LogP) is 1.28. The number of aliphatic hydroxyl groups is 1. The summed E-state index contributed by atoms with van der Waals surface area (Å²) in [6.45, 7) is 2.68. The highest BCUT2D eigenvalue weighted by Crippen LogP contribution is 2.27. The van der Waals surface area contributed by atoms with Gasteiger partial charge in [0.15, 0.2) is 11.6 Å². The van der Waals surface area contributed by atoms with Crippen molar-refractivity contribution in [2.45, 2.75) is 0 Å². The molecule has 1 saturated heterocycles. The van der Waals surface area contributed by atoms with Crippen molar-refractivity contribution in [3.63, 3.8) is 0 Å². The summed E-state index contributed by atoms with van der Waals surface area (Å²) in [7, 11) is 5.90. The van der Waals surface area contributed by atoms with Crippen LogP contribution >= 0.6 is 0 Å². The molecular formula is C18H26F3N3O2. The molecule has 0 aliphatic carbocycles. The van der Waals surface area contributed by atoms with E-state index in [4.69, 9.17) is 0 Å². The number of aliphatic hydroxyl groups excluding tert-OH is 1. The van der Waals surface area contributed by atoms with Gasteiger partial charge in [-0.05, 0) is 39.2 Å². The highest BCUT2D eigenvalue weighted by molar-refractivity contribution is 5.95.